The van der Waals surface area contributed by atoms with Gasteiger partial charge < -0.3 is 9.47 Å². The van der Waals surface area contributed by atoms with E-state index in [9.17, 15) is 4.79 Å². The van der Waals surface area contributed by atoms with E-state index in [1.54, 1.807) is 0 Å². The zero-order valence-corrected chi connectivity index (χ0v) is 7.66. The van der Waals surface area contributed by atoms with Crippen molar-refractivity contribution < 1.29 is 14.3 Å². The first-order chi connectivity index (χ1) is 5.53. The van der Waals surface area contributed by atoms with Gasteiger partial charge in [0, 0.05) is 6.54 Å². The Hall–Kier alpha value is -0.610. The lowest BCUT2D eigenvalue weighted by Crippen LogP contribution is -2.35. The van der Waals surface area contributed by atoms with Crippen molar-refractivity contribution in [3.63, 3.8) is 0 Å². The smallest absolute Gasteiger partial charge is 0.293 e. The van der Waals surface area contributed by atoms with Gasteiger partial charge in [0.05, 0.1) is 0 Å². The van der Waals surface area contributed by atoms with E-state index in [-0.39, 0.29) is 5.60 Å². The maximum Gasteiger partial charge on any atom is 0.293 e. The summed E-state index contributed by atoms with van der Waals surface area (Å²) in [6.45, 7) is 7.01. The minimum Gasteiger partial charge on any atom is -0.462 e. The molecule has 2 saturated heterocycles. The molecule has 0 spiro atoms. The van der Waals surface area contributed by atoms with E-state index in [2.05, 4.69) is 10.1 Å². The second-order valence-corrected chi connectivity index (χ2v) is 3.83. The van der Waals surface area contributed by atoms with Gasteiger partial charge in [0.2, 0.25) is 0 Å². The van der Waals surface area contributed by atoms with Gasteiger partial charge in [0.1, 0.15) is 17.9 Å². The largest absolute Gasteiger partial charge is 0.462 e. The van der Waals surface area contributed by atoms with Gasteiger partial charge in [-0.3, -0.25) is 10.1 Å². The van der Waals surface area contributed by atoms with E-state index in [0.29, 0.717) is 18.8 Å². The van der Waals surface area contributed by atoms with Crippen molar-refractivity contribution in [2.45, 2.75) is 38.7 Å². The molecular weight excluding hydrogens is 158 g/mol. The van der Waals surface area contributed by atoms with Gasteiger partial charge in [-0.1, -0.05) is 0 Å². The summed E-state index contributed by atoms with van der Waals surface area (Å²) >= 11 is 0. The van der Waals surface area contributed by atoms with Crippen LogP contribution in [0.25, 0.3) is 0 Å². The van der Waals surface area contributed by atoms with Crippen LogP contribution in [0.2, 0.25) is 0 Å². The highest BCUT2D eigenvalue weighted by Gasteiger charge is 2.47. The van der Waals surface area contributed by atoms with E-state index >= 15 is 0 Å². The summed E-state index contributed by atoms with van der Waals surface area (Å²) in [5.41, 5.74) is -0.318. The van der Waals surface area contributed by atoms with Gasteiger partial charge in [-0.15, -0.1) is 0 Å². The minimum atomic E-state index is -0.318. The molecule has 0 aliphatic carbocycles. The third-order valence-electron chi connectivity index (χ3n) is 1.50. The van der Waals surface area contributed by atoms with Gasteiger partial charge in [0.15, 0.2) is 0 Å². The molecule has 2 heterocycles. The van der Waals surface area contributed by atoms with Crippen LogP contribution in [-0.2, 0) is 14.3 Å². The third kappa shape index (κ3) is 3.19. The lowest BCUT2D eigenvalue weighted by molar-refractivity contribution is -0.138. The fourth-order valence-corrected chi connectivity index (χ4v) is 0.694. The van der Waals surface area contributed by atoms with E-state index < -0.39 is 0 Å². The van der Waals surface area contributed by atoms with Gasteiger partial charge in [-0.2, -0.15) is 0 Å². The molecule has 2 atom stereocenters. The average molecular weight is 173 g/mol. The standard InChI is InChI=1S/C5H10O2.C3H5NO/c1-5(2,3)7-4-6;1-2-3(4-1)5-2/h4H,1-3H3;2-4H,1H2. The summed E-state index contributed by atoms with van der Waals surface area (Å²) < 4.78 is 9.47. The monoisotopic (exact) mass is 173 g/mol. The van der Waals surface area contributed by atoms with Gasteiger partial charge in [-0.05, 0) is 20.8 Å². The van der Waals surface area contributed by atoms with Crippen molar-refractivity contribution in [2.24, 2.45) is 0 Å². The normalized spacial score (nSPS) is 30.2. The molecule has 2 aliphatic rings. The fourth-order valence-electron chi connectivity index (χ4n) is 0.694. The molecule has 2 fully saturated rings. The lowest BCUT2D eigenvalue weighted by Gasteiger charge is -2.14. The quantitative estimate of drug-likeness (QED) is 0.457. The zero-order valence-electron chi connectivity index (χ0n) is 7.66. The number of fused-ring (bicyclic) bond motifs is 1. The first-order valence-corrected chi connectivity index (χ1v) is 4.03. The van der Waals surface area contributed by atoms with E-state index in [0.717, 1.165) is 6.54 Å². The predicted molar refractivity (Wildman–Crippen MR) is 43.6 cm³/mol. The summed E-state index contributed by atoms with van der Waals surface area (Å²) in [4.78, 5) is 9.60. The molecule has 12 heavy (non-hydrogen) atoms. The first-order valence-electron chi connectivity index (χ1n) is 4.03. The second kappa shape index (κ2) is 3.41. The zero-order chi connectivity index (χ0) is 9.19. The molecule has 4 nitrogen and oxygen atoms in total. The van der Waals surface area contributed by atoms with Crippen LogP contribution in [0.1, 0.15) is 20.8 Å². The molecular formula is C8H15NO3. The molecule has 1 N–H and O–H groups in total. The Labute approximate surface area is 72.2 Å². The summed E-state index contributed by atoms with van der Waals surface area (Å²) in [6.07, 6.45) is 1.10. The summed E-state index contributed by atoms with van der Waals surface area (Å²) in [5, 5.41) is 3.06. The molecule has 2 unspecified atom stereocenters. The van der Waals surface area contributed by atoms with Crippen molar-refractivity contribution in [3.8, 4) is 0 Å². The number of hydrogen-bond donors (Lipinski definition) is 1. The topological polar surface area (TPSA) is 50.9 Å². The number of rotatable bonds is 1. The molecule has 0 saturated carbocycles. The second-order valence-electron chi connectivity index (χ2n) is 3.83. The SMILES string of the molecule is C1NC2OC12.CC(C)(C)OC=O. The maximum absolute atomic E-state index is 9.60. The molecule has 0 aromatic heterocycles. The van der Waals surface area contributed by atoms with Crippen LogP contribution in [0.4, 0.5) is 0 Å². The highest BCUT2D eigenvalue weighted by Crippen LogP contribution is 2.25. The number of nitrogens with one attached hydrogen (secondary N) is 1. The minimum absolute atomic E-state index is 0.318. The molecule has 2 rings (SSSR count). The molecule has 70 valence electrons. The van der Waals surface area contributed by atoms with Crippen LogP contribution >= 0.6 is 0 Å². The third-order valence-corrected chi connectivity index (χ3v) is 1.50. The van der Waals surface area contributed by atoms with E-state index in [1.807, 2.05) is 20.8 Å². The van der Waals surface area contributed by atoms with Crippen molar-refractivity contribution >= 4 is 6.47 Å². The number of carbonyl (C=O) groups is 1. The molecule has 4 heteroatoms. The van der Waals surface area contributed by atoms with E-state index in [4.69, 9.17) is 4.74 Å². The molecule has 2 aliphatic heterocycles. The maximum atomic E-state index is 9.60. The van der Waals surface area contributed by atoms with Gasteiger partial charge in [0.25, 0.3) is 6.47 Å². The van der Waals surface area contributed by atoms with Gasteiger partial charge in [-0.25, -0.2) is 0 Å². The first kappa shape index (κ1) is 9.48. The summed E-state index contributed by atoms with van der Waals surface area (Å²) in [7, 11) is 0. The molecule has 0 aromatic rings. The Balaban J connectivity index is 0.000000123. The van der Waals surface area contributed by atoms with Crippen molar-refractivity contribution in [2.75, 3.05) is 6.54 Å². The van der Waals surface area contributed by atoms with Gasteiger partial charge >= 0.3 is 0 Å². The van der Waals surface area contributed by atoms with Crippen LogP contribution in [0.5, 0.6) is 0 Å². The average Bonchev–Trinajstić information content (AvgIpc) is 2.37. The molecule has 0 radical (unpaired) electrons. The Morgan fingerprint density at radius 2 is 2.17 bits per heavy atom. The number of epoxide rings is 1. The Bertz CT molecular complexity index is 152. The lowest BCUT2D eigenvalue weighted by atomic mass is 10.2. The highest BCUT2D eigenvalue weighted by atomic mass is 16.6. The van der Waals surface area contributed by atoms with Crippen LogP contribution in [0.3, 0.4) is 0 Å². The number of carbonyl (C=O) groups excluding carboxylic acids is 1. The van der Waals surface area contributed by atoms with Crippen molar-refractivity contribution in [1.29, 1.82) is 0 Å². The molecule has 0 amide bonds. The predicted octanol–water partition coefficient (Wildman–Crippen LogP) is 0.272. The van der Waals surface area contributed by atoms with Crippen LogP contribution in [0, 0.1) is 0 Å². The van der Waals surface area contributed by atoms with Crippen LogP contribution in [0.15, 0.2) is 0 Å². The van der Waals surface area contributed by atoms with Crippen molar-refractivity contribution in [1.82, 2.24) is 5.32 Å². The Morgan fingerprint density at radius 1 is 1.58 bits per heavy atom. The Kier molecular flexibility index (Phi) is 2.69. The summed E-state index contributed by atoms with van der Waals surface area (Å²) in [5.74, 6) is 0. The molecule has 0 aromatic carbocycles. The highest BCUT2D eigenvalue weighted by molar-refractivity contribution is 5.37. The van der Waals surface area contributed by atoms with Crippen molar-refractivity contribution in [3.05, 3.63) is 0 Å². The summed E-state index contributed by atoms with van der Waals surface area (Å²) in [6, 6.07) is 0. The number of ether oxygens (including phenoxy) is 2. The fraction of sp³-hybridized carbons (Fsp3) is 0.875. The Morgan fingerprint density at radius 3 is 2.17 bits per heavy atom. The van der Waals surface area contributed by atoms with E-state index in [1.165, 1.54) is 0 Å². The molecule has 0 bridgehead atoms. The van der Waals surface area contributed by atoms with Crippen LogP contribution < -0.4 is 5.32 Å². The number of hydrogen-bond acceptors (Lipinski definition) is 4. The van der Waals surface area contributed by atoms with Crippen LogP contribution in [-0.4, -0.2) is 30.9 Å².